The first-order valence-electron chi connectivity index (χ1n) is 17.6. The fraction of sp³-hybridized carbons (Fsp3) is 0.590. The second kappa shape index (κ2) is 12.9. The molecule has 2 aliphatic heterocycles. The monoisotopic (exact) mass is 674 g/mol. The Kier molecular flexibility index (Phi) is 9.30. The van der Waals surface area contributed by atoms with Gasteiger partial charge in [0.15, 0.2) is 23.4 Å². The number of hydrogen-bond donors (Lipinski definition) is 1. The van der Waals surface area contributed by atoms with E-state index in [0.29, 0.717) is 42.0 Å². The molecule has 4 aliphatic rings. The van der Waals surface area contributed by atoms with E-state index < -0.39 is 18.2 Å². The Morgan fingerprint density at radius 3 is 2.45 bits per heavy atom. The van der Waals surface area contributed by atoms with Crippen molar-refractivity contribution >= 4 is 17.7 Å². The molecule has 266 valence electrons. The second-order valence-electron chi connectivity index (χ2n) is 15.1. The summed E-state index contributed by atoms with van der Waals surface area (Å²) in [5.41, 5.74) is 12.0. The minimum Gasteiger partial charge on any atom is -0.493 e. The molecule has 0 saturated carbocycles. The Hall–Kier alpha value is -3.60. The van der Waals surface area contributed by atoms with Gasteiger partial charge in [-0.2, -0.15) is 0 Å². The average molecular weight is 675 g/mol. The first-order valence-corrected chi connectivity index (χ1v) is 17.6. The molecule has 1 amide bonds. The average Bonchev–Trinajstić information content (AvgIpc) is 3.43. The lowest BCUT2D eigenvalue weighted by molar-refractivity contribution is -0.139. The molecule has 1 fully saturated rings. The molecule has 0 radical (unpaired) electrons. The van der Waals surface area contributed by atoms with Crippen molar-refractivity contribution in [3.05, 3.63) is 57.3 Å². The van der Waals surface area contributed by atoms with E-state index >= 15 is 0 Å². The smallest absolute Gasteiger partial charge is 0.419 e. The van der Waals surface area contributed by atoms with Crippen LogP contribution in [0.3, 0.4) is 0 Å². The van der Waals surface area contributed by atoms with E-state index in [1.165, 1.54) is 16.0 Å². The first kappa shape index (κ1) is 35.2. The minimum absolute atomic E-state index is 0.118. The highest BCUT2D eigenvalue weighted by molar-refractivity contribution is 5.93. The predicted octanol–water partition coefficient (Wildman–Crippen LogP) is 5.72. The van der Waals surface area contributed by atoms with Crippen molar-refractivity contribution in [3.8, 4) is 17.2 Å². The fourth-order valence-corrected chi connectivity index (χ4v) is 9.32. The van der Waals surface area contributed by atoms with Gasteiger partial charge in [0.25, 0.3) is 0 Å². The summed E-state index contributed by atoms with van der Waals surface area (Å²) in [4.78, 5) is 33.8. The van der Waals surface area contributed by atoms with Crippen molar-refractivity contribution < 1.29 is 28.5 Å². The summed E-state index contributed by atoms with van der Waals surface area (Å²) in [6.07, 6.45) is 5.87. The Morgan fingerprint density at radius 1 is 1.06 bits per heavy atom. The molecule has 2 aromatic rings. The number of unbranched alkanes of at least 4 members (excludes halogenated alkanes) is 1. The lowest BCUT2D eigenvalue weighted by atomic mass is 9.45. The Labute approximate surface area is 291 Å². The minimum atomic E-state index is -0.562. The molecule has 2 aliphatic carbocycles. The number of benzene rings is 2. The van der Waals surface area contributed by atoms with Gasteiger partial charge in [0.2, 0.25) is 0 Å². The third-order valence-electron chi connectivity index (χ3n) is 12.5. The largest absolute Gasteiger partial charge is 0.493 e. The number of carbonyl (C=O) groups excluding carboxylic acids is 2. The molecule has 2 heterocycles. The van der Waals surface area contributed by atoms with Crippen molar-refractivity contribution in [2.75, 3.05) is 53.3 Å². The lowest BCUT2D eigenvalue weighted by Gasteiger charge is -2.63. The molecule has 2 aromatic carbocycles. The number of piperidine rings is 1. The molecule has 0 aromatic heterocycles. The predicted molar refractivity (Wildman–Crippen MR) is 191 cm³/mol. The van der Waals surface area contributed by atoms with Crippen molar-refractivity contribution in [1.29, 1.82) is 0 Å². The summed E-state index contributed by atoms with van der Waals surface area (Å²) in [6, 6.07) is 4.06. The number of nitrogens with zero attached hydrogens (tertiary/aromatic N) is 3. The summed E-state index contributed by atoms with van der Waals surface area (Å²) >= 11 is 0. The Morgan fingerprint density at radius 2 is 1.78 bits per heavy atom. The molecular weight excluding hydrogens is 620 g/mol. The number of allylic oxidation sites excluding steroid dienone is 1. The van der Waals surface area contributed by atoms with Crippen LogP contribution in [0.2, 0.25) is 0 Å². The molecule has 5 atom stereocenters. The highest BCUT2D eigenvalue weighted by Crippen LogP contribution is 2.68. The summed E-state index contributed by atoms with van der Waals surface area (Å²) in [6.45, 7) is 11.8. The Bertz CT molecular complexity index is 1700. The van der Waals surface area contributed by atoms with Crippen molar-refractivity contribution in [3.63, 3.8) is 0 Å². The zero-order valence-corrected chi connectivity index (χ0v) is 31.0. The summed E-state index contributed by atoms with van der Waals surface area (Å²) in [5.74, 6) is 2.02. The normalized spacial score (nSPS) is 25.7. The SMILES string of the molecule is COc1ccc2c3c1OC1C(OC(=O)N(C)c4c(C)c(C)c(C)c(C)c4OC(=O)C(CCCCN)N(C)C)=CC[C@@]4(C)[C@@H](C2)N(C)CC[C@]314. The summed E-state index contributed by atoms with van der Waals surface area (Å²) < 4.78 is 25.3. The van der Waals surface area contributed by atoms with Crippen LogP contribution in [-0.4, -0.2) is 88.4 Å². The van der Waals surface area contributed by atoms with Crippen LogP contribution in [-0.2, 0) is 21.4 Å². The van der Waals surface area contributed by atoms with Crippen LogP contribution in [0.15, 0.2) is 24.0 Å². The van der Waals surface area contributed by atoms with Gasteiger partial charge in [-0.3, -0.25) is 9.80 Å². The van der Waals surface area contributed by atoms with Gasteiger partial charge in [-0.15, -0.1) is 0 Å². The molecule has 2 unspecified atom stereocenters. The third-order valence-corrected chi connectivity index (χ3v) is 12.5. The molecule has 2 bridgehead atoms. The zero-order chi connectivity index (χ0) is 35.6. The van der Waals surface area contributed by atoms with E-state index in [1.54, 1.807) is 14.2 Å². The number of esters is 1. The van der Waals surface area contributed by atoms with Gasteiger partial charge < -0.3 is 29.6 Å². The van der Waals surface area contributed by atoms with Gasteiger partial charge in [-0.1, -0.05) is 19.4 Å². The first-order chi connectivity index (χ1) is 23.2. The summed E-state index contributed by atoms with van der Waals surface area (Å²) in [7, 11) is 9.33. The highest BCUT2D eigenvalue weighted by Gasteiger charge is 2.70. The highest BCUT2D eigenvalue weighted by atomic mass is 16.6. The van der Waals surface area contributed by atoms with Crippen molar-refractivity contribution in [2.24, 2.45) is 11.1 Å². The number of carbonyl (C=O) groups is 2. The lowest BCUT2D eigenvalue weighted by Crippen LogP contribution is -2.69. The quantitative estimate of drug-likeness (QED) is 0.193. The number of likely N-dealkylation sites (tertiary alicyclic amines) is 1. The molecule has 10 nitrogen and oxygen atoms in total. The van der Waals surface area contributed by atoms with Crippen LogP contribution < -0.4 is 24.8 Å². The van der Waals surface area contributed by atoms with Gasteiger partial charge in [0.05, 0.1) is 18.2 Å². The van der Waals surface area contributed by atoms with E-state index in [1.807, 2.05) is 52.8 Å². The van der Waals surface area contributed by atoms with E-state index in [9.17, 15) is 9.59 Å². The van der Waals surface area contributed by atoms with Crippen LogP contribution in [0.5, 0.6) is 17.2 Å². The zero-order valence-electron chi connectivity index (χ0n) is 31.0. The summed E-state index contributed by atoms with van der Waals surface area (Å²) in [5, 5.41) is 0. The molecule has 49 heavy (non-hydrogen) atoms. The molecule has 1 spiro atoms. The number of anilines is 1. The fourth-order valence-electron chi connectivity index (χ4n) is 9.32. The third kappa shape index (κ3) is 5.24. The molecule has 10 heteroatoms. The van der Waals surface area contributed by atoms with Crippen molar-refractivity contribution in [1.82, 2.24) is 9.80 Å². The number of nitrogens with two attached hydrogens (primary N) is 1. The number of hydrogen-bond acceptors (Lipinski definition) is 9. The van der Waals surface area contributed by atoms with Crippen LogP contribution in [0.25, 0.3) is 0 Å². The maximum atomic E-state index is 14.3. The van der Waals surface area contributed by atoms with Gasteiger partial charge in [-0.05, 0) is 134 Å². The molecule has 2 N–H and O–H groups in total. The number of rotatable bonds is 10. The van der Waals surface area contributed by atoms with E-state index in [0.717, 1.165) is 66.7 Å². The van der Waals surface area contributed by atoms with Crippen LogP contribution in [0.4, 0.5) is 10.5 Å². The van der Waals surface area contributed by atoms with Crippen LogP contribution in [0, 0.1) is 33.1 Å². The number of ether oxygens (including phenoxy) is 4. The van der Waals surface area contributed by atoms with E-state index in [4.69, 9.17) is 24.7 Å². The van der Waals surface area contributed by atoms with Crippen LogP contribution >= 0.6 is 0 Å². The maximum absolute atomic E-state index is 14.3. The van der Waals surface area contributed by atoms with Gasteiger partial charge >= 0.3 is 12.1 Å². The second-order valence-corrected chi connectivity index (χ2v) is 15.1. The molecular formula is C39H54N4O6. The van der Waals surface area contributed by atoms with E-state index in [2.05, 4.69) is 31.0 Å². The van der Waals surface area contributed by atoms with Crippen molar-refractivity contribution in [2.45, 2.75) is 96.7 Å². The topological polar surface area (TPSA) is 107 Å². The number of likely N-dealkylation sites (N-methyl/N-ethyl adjacent to an activating group) is 2. The van der Waals surface area contributed by atoms with Gasteiger partial charge in [0, 0.05) is 24.1 Å². The standard InChI is InChI=1S/C39H54N4O6/c1-22-23(2)25(4)33(49-36(44)27(41(6)7)13-11-12-19-40)32(24(22)3)43(9)37(45)47-29-16-17-38(5)30-21-26-14-15-28(46-10)34-31(26)39(38,35(29)48-34)18-20-42(30)8/h14-16,27,30,35H,11-13,17-21,40H2,1-10H3/t27?,30-,35?,38+,39+/m1/s1. The number of methoxy groups -OCH3 is 1. The number of amides is 1. The molecule has 6 rings (SSSR count). The van der Waals surface area contributed by atoms with Gasteiger partial charge in [-0.25, -0.2) is 9.59 Å². The Balaban J connectivity index is 1.35. The van der Waals surface area contributed by atoms with Crippen LogP contribution in [0.1, 0.15) is 72.4 Å². The van der Waals surface area contributed by atoms with Gasteiger partial charge in [0.1, 0.15) is 11.8 Å². The van der Waals surface area contributed by atoms with E-state index in [-0.39, 0.29) is 16.8 Å². The maximum Gasteiger partial charge on any atom is 0.419 e. The molecule has 1 saturated heterocycles.